The average molecular weight is 237 g/mol. The molecule has 0 amide bonds. The van der Waals surface area contributed by atoms with Crippen molar-refractivity contribution in [3.63, 3.8) is 0 Å². The van der Waals surface area contributed by atoms with Crippen molar-refractivity contribution in [1.82, 2.24) is 0 Å². The van der Waals surface area contributed by atoms with Crippen LogP contribution in [0.15, 0.2) is 24.3 Å². The van der Waals surface area contributed by atoms with Crippen LogP contribution < -0.4 is 5.32 Å². The third-order valence-electron chi connectivity index (χ3n) is 2.20. The van der Waals surface area contributed by atoms with E-state index in [1.165, 1.54) is 0 Å². The molecule has 0 saturated carbocycles. The molecule has 0 bridgehead atoms. The molecule has 0 aromatic heterocycles. The minimum atomic E-state index is -0.294. The van der Waals surface area contributed by atoms with E-state index in [4.69, 9.17) is 9.84 Å². The van der Waals surface area contributed by atoms with Crippen LogP contribution in [-0.2, 0) is 4.74 Å². The van der Waals surface area contributed by atoms with Crippen molar-refractivity contribution in [2.45, 2.75) is 19.8 Å². The Morgan fingerprint density at radius 2 is 2.29 bits per heavy atom. The highest BCUT2D eigenvalue weighted by molar-refractivity contribution is 5.90. The molecule has 0 heterocycles. The van der Waals surface area contributed by atoms with Crippen molar-refractivity contribution >= 4 is 11.7 Å². The first-order valence-electron chi connectivity index (χ1n) is 5.90. The molecular formula is C13H19NO3. The number of rotatable bonds is 7. The molecule has 1 aromatic carbocycles. The summed E-state index contributed by atoms with van der Waals surface area (Å²) in [5.41, 5.74) is 1.41. The first-order valence-corrected chi connectivity index (χ1v) is 5.90. The summed E-state index contributed by atoms with van der Waals surface area (Å²) in [5, 5.41) is 11.8. The maximum Gasteiger partial charge on any atom is 0.338 e. The molecule has 0 unspecified atom stereocenters. The predicted molar refractivity (Wildman–Crippen MR) is 67.2 cm³/mol. The molecule has 0 spiro atoms. The van der Waals surface area contributed by atoms with Crippen LogP contribution in [0.1, 0.15) is 30.1 Å². The molecule has 0 saturated heterocycles. The molecule has 0 aliphatic carbocycles. The lowest BCUT2D eigenvalue weighted by molar-refractivity contribution is 0.0505. The molecular weight excluding hydrogens is 218 g/mol. The van der Waals surface area contributed by atoms with Crippen LogP contribution in [-0.4, -0.2) is 30.8 Å². The summed E-state index contributed by atoms with van der Waals surface area (Å²) < 4.78 is 5.05. The molecule has 4 nitrogen and oxygen atoms in total. The molecule has 0 aliphatic heterocycles. The van der Waals surface area contributed by atoms with E-state index in [9.17, 15) is 4.79 Å². The quantitative estimate of drug-likeness (QED) is 0.563. The van der Waals surface area contributed by atoms with Gasteiger partial charge in [0.1, 0.15) is 0 Å². The number of benzene rings is 1. The van der Waals surface area contributed by atoms with Gasteiger partial charge in [0, 0.05) is 18.8 Å². The van der Waals surface area contributed by atoms with E-state index in [-0.39, 0.29) is 12.6 Å². The highest BCUT2D eigenvalue weighted by atomic mass is 16.5. The number of hydrogen-bond acceptors (Lipinski definition) is 4. The lowest BCUT2D eigenvalue weighted by Crippen LogP contribution is -2.08. The number of ether oxygens (including phenoxy) is 1. The van der Waals surface area contributed by atoms with Gasteiger partial charge in [0.05, 0.1) is 12.2 Å². The molecule has 0 aliphatic rings. The van der Waals surface area contributed by atoms with E-state index in [1.807, 2.05) is 19.1 Å². The number of hydrogen-bond donors (Lipinski definition) is 2. The van der Waals surface area contributed by atoms with Crippen molar-refractivity contribution in [3.8, 4) is 0 Å². The largest absolute Gasteiger partial charge is 0.462 e. The fraction of sp³-hybridized carbons (Fsp3) is 0.462. The molecule has 1 rings (SSSR count). The number of carbonyl (C=O) groups is 1. The molecule has 2 N–H and O–H groups in total. The molecule has 1 aromatic rings. The van der Waals surface area contributed by atoms with Gasteiger partial charge in [-0.15, -0.1) is 0 Å². The second kappa shape index (κ2) is 7.68. The van der Waals surface area contributed by atoms with Crippen LogP contribution in [0.25, 0.3) is 0 Å². The Balaban J connectivity index is 2.55. The van der Waals surface area contributed by atoms with Gasteiger partial charge in [-0.3, -0.25) is 0 Å². The zero-order valence-corrected chi connectivity index (χ0v) is 10.1. The van der Waals surface area contributed by atoms with Gasteiger partial charge >= 0.3 is 5.97 Å². The van der Waals surface area contributed by atoms with Crippen LogP contribution >= 0.6 is 0 Å². The zero-order valence-electron chi connectivity index (χ0n) is 10.1. The Morgan fingerprint density at radius 3 is 3.00 bits per heavy atom. The van der Waals surface area contributed by atoms with Gasteiger partial charge in [0.2, 0.25) is 0 Å². The smallest absolute Gasteiger partial charge is 0.338 e. The average Bonchev–Trinajstić information content (AvgIpc) is 2.36. The van der Waals surface area contributed by atoms with Crippen LogP contribution in [0.4, 0.5) is 5.69 Å². The lowest BCUT2D eigenvalue weighted by Gasteiger charge is -2.07. The van der Waals surface area contributed by atoms with E-state index in [0.717, 1.165) is 12.1 Å². The molecule has 17 heavy (non-hydrogen) atoms. The Hall–Kier alpha value is -1.55. The van der Waals surface area contributed by atoms with Gasteiger partial charge in [0.15, 0.2) is 0 Å². The van der Waals surface area contributed by atoms with E-state index in [1.54, 1.807) is 12.1 Å². The molecule has 0 atom stereocenters. The van der Waals surface area contributed by atoms with E-state index < -0.39 is 0 Å². The lowest BCUT2D eigenvalue weighted by atomic mass is 10.2. The highest BCUT2D eigenvalue weighted by Crippen LogP contribution is 2.11. The van der Waals surface area contributed by atoms with E-state index in [0.29, 0.717) is 25.1 Å². The van der Waals surface area contributed by atoms with Crippen LogP contribution in [0, 0.1) is 0 Å². The molecule has 0 fully saturated rings. The van der Waals surface area contributed by atoms with Crippen LogP contribution in [0.2, 0.25) is 0 Å². The van der Waals surface area contributed by atoms with Crippen molar-refractivity contribution in [3.05, 3.63) is 29.8 Å². The van der Waals surface area contributed by atoms with E-state index in [2.05, 4.69) is 5.32 Å². The van der Waals surface area contributed by atoms with Crippen molar-refractivity contribution < 1.29 is 14.6 Å². The van der Waals surface area contributed by atoms with Crippen molar-refractivity contribution in [2.24, 2.45) is 0 Å². The number of aliphatic hydroxyl groups is 1. The molecule has 0 radical (unpaired) electrons. The number of aliphatic hydroxyl groups excluding tert-OH is 1. The van der Waals surface area contributed by atoms with Gasteiger partial charge < -0.3 is 15.2 Å². The van der Waals surface area contributed by atoms with Crippen LogP contribution in [0.3, 0.4) is 0 Å². The third-order valence-corrected chi connectivity index (χ3v) is 2.20. The standard InChI is InChI=1S/C13H19NO3/c1-2-9-17-13(16)11-5-3-6-12(10-11)14-7-4-8-15/h3,5-6,10,14-15H,2,4,7-9H2,1H3. The summed E-state index contributed by atoms with van der Waals surface area (Å²) in [6.07, 6.45) is 1.50. The maximum atomic E-state index is 11.6. The number of nitrogens with one attached hydrogen (secondary N) is 1. The molecule has 94 valence electrons. The minimum absolute atomic E-state index is 0.158. The van der Waals surface area contributed by atoms with Gasteiger partial charge in [0.25, 0.3) is 0 Å². The first-order chi connectivity index (χ1) is 8.27. The van der Waals surface area contributed by atoms with E-state index >= 15 is 0 Å². The predicted octanol–water partition coefficient (Wildman–Crippen LogP) is 2.05. The number of esters is 1. The van der Waals surface area contributed by atoms with Crippen molar-refractivity contribution in [1.29, 1.82) is 0 Å². The summed E-state index contributed by atoms with van der Waals surface area (Å²) in [4.78, 5) is 11.6. The second-order valence-corrected chi connectivity index (χ2v) is 3.72. The fourth-order valence-corrected chi connectivity index (χ4v) is 1.35. The Bertz CT molecular complexity index is 352. The van der Waals surface area contributed by atoms with Gasteiger partial charge in [-0.25, -0.2) is 4.79 Å². The third kappa shape index (κ3) is 4.87. The highest BCUT2D eigenvalue weighted by Gasteiger charge is 2.06. The summed E-state index contributed by atoms with van der Waals surface area (Å²) in [6.45, 7) is 3.25. The zero-order chi connectivity index (χ0) is 12.5. The van der Waals surface area contributed by atoms with Gasteiger partial charge in [-0.05, 0) is 31.0 Å². The Morgan fingerprint density at radius 1 is 1.47 bits per heavy atom. The summed E-state index contributed by atoms with van der Waals surface area (Å²) in [5.74, 6) is -0.294. The van der Waals surface area contributed by atoms with Crippen LogP contribution in [0.5, 0.6) is 0 Å². The van der Waals surface area contributed by atoms with Gasteiger partial charge in [-0.1, -0.05) is 13.0 Å². The summed E-state index contributed by atoms with van der Waals surface area (Å²) >= 11 is 0. The number of carbonyl (C=O) groups excluding carboxylic acids is 1. The van der Waals surface area contributed by atoms with Crippen molar-refractivity contribution in [2.75, 3.05) is 25.1 Å². The second-order valence-electron chi connectivity index (χ2n) is 3.72. The monoisotopic (exact) mass is 237 g/mol. The summed E-state index contributed by atoms with van der Waals surface area (Å²) in [7, 11) is 0. The minimum Gasteiger partial charge on any atom is -0.462 e. The number of anilines is 1. The maximum absolute atomic E-state index is 11.6. The first kappa shape index (κ1) is 13.5. The summed E-state index contributed by atoms with van der Waals surface area (Å²) in [6, 6.07) is 7.18. The Kier molecular flexibility index (Phi) is 6.10. The normalized spacial score (nSPS) is 10.0. The molecule has 4 heteroatoms. The Labute approximate surface area is 102 Å². The topological polar surface area (TPSA) is 58.6 Å². The fourth-order valence-electron chi connectivity index (χ4n) is 1.35. The SMILES string of the molecule is CCCOC(=O)c1cccc(NCCCO)c1. The van der Waals surface area contributed by atoms with Gasteiger partial charge in [-0.2, -0.15) is 0 Å².